The third kappa shape index (κ3) is 3.57. The maximum Gasteiger partial charge on any atom is 0.253 e. The van der Waals surface area contributed by atoms with Gasteiger partial charge in [0, 0.05) is 36.8 Å². The van der Waals surface area contributed by atoms with Gasteiger partial charge >= 0.3 is 0 Å². The van der Waals surface area contributed by atoms with E-state index in [9.17, 15) is 4.79 Å². The predicted molar refractivity (Wildman–Crippen MR) is 83.6 cm³/mol. The van der Waals surface area contributed by atoms with E-state index in [2.05, 4.69) is 15.6 Å². The van der Waals surface area contributed by atoms with Crippen molar-refractivity contribution in [2.75, 3.05) is 18.9 Å². The number of aryl methyl sites for hydroxylation is 2. The van der Waals surface area contributed by atoms with Gasteiger partial charge in [0.2, 0.25) is 0 Å². The van der Waals surface area contributed by atoms with E-state index in [0.29, 0.717) is 12.1 Å². The molecule has 2 N–H and O–H groups in total. The summed E-state index contributed by atoms with van der Waals surface area (Å²) in [5.74, 6) is -0.0531. The van der Waals surface area contributed by atoms with Crippen LogP contribution in [0.25, 0.3) is 0 Å². The summed E-state index contributed by atoms with van der Waals surface area (Å²) >= 11 is 1.63. The average Bonchev–Trinajstić information content (AvgIpc) is 2.84. The Bertz CT molecular complexity index is 607. The highest BCUT2D eigenvalue weighted by Crippen LogP contribution is 2.17. The minimum absolute atomic E-state index is 0.0531. The van der Waals surface area contributed by atoms with Crippen molar-refractivity contribution in [2.45, 2.75) is 20.3 Å². The second-order valence-corrected chi connectivity index (χ2v) is 5.63. The van der Waals surface area contributed by atoms with Crippen molar-refractivity contribution < 1.29 is 4.79 Å². The molecule has 20 heavy (non-hydrogen) atoms. The summed E-state index contributed by atoms with van der Waals surface area (Å²) in [6.07, 6.45) is 0.769. The third-order valence-corrected chi connectivity index (χ3v) is 4.01. The molecule has 0 bridgehead atoms. The average molecular weight is 289 g/mol. The van der Waals surface area contributed by atoms with Crippen LogP contribution in [0.3, 0.4) is 0 Å². The smallest absolute Gasteiger partial charge is 0.253 e. The molecule has 4 nitrogen and oxygen atoms in total. The van der Waals surface area contributed by atoms with E-state index in [1.807, 2.05) is 44.5 Å². The van der Waals surface area contributed by atoms with E-state index >= 15 is 0 Å². The number of aromatic nitrogens is 1. The van der Waals surface area contributed by atoms with E-state index in [1.165, 1.54) is 0 Å². The lowest BCUT2D eigenvalue weighted by Crippen LogP contribution is -2.26. The molecule has 106 valence electrons. The van der Waals surface area contributed by atoms with Crippen LogP contribution >= 0.6 is 11.3 Å². The highest BCUT2D eigenvalue weighted by Gasteiger charge is 2.10. The van der Waals surface area contributed by atoms with Gasteiger partial charge in [0.1, 0.15) is 0 Å². The van der Waals surface area contributed by atoms with E-state index in [4.69, 9.17) is 0 Å². The summed E-state index contributed by atoms with van der Waals surface area (Å²) in [6.45, 7) is 4.58. The van der Waals surface area contributed by atoms with Crippen molar-refractivity contribution in [3.05, 3.63) is 45.4 Å². The molecule has 1 amide bonds. The molecule has 0 atom stereocenters. The summed E-state index contributed by atoms with van der Waals surface area (Å²) in [7, 11) is 1.82. The molecule has 2 aromatic rings. The molecule has 0 aliphatic heterocycles. The van der Waals surface area contributed by atoms with Gasteiger partial charge in [0.25, 0.3) is 5.91 Å². The zero-order valence-electron chi connectivity index (χ0n) is 12.0. The van der Waals surface area contributed by atoms with Crippen molar-refractivity contribution in [3.8, 4) is 0 Å². The van der Waals surface area contributed by atoms with Crippen molar-refractivity contribution in [3.63, 3.8) is 0 Å². The first-order chi connectivity index (χ1) is 9.60. The van der Waals surface area contributed by atoms with Crippen LogP contribution in [0.1, 0.15) is 26.6 Å². The second kappa shape index (κ2) is 6.52. The Labute approximate surface area is 123 Å². The summed E-state index contributed by atoms with van der Waals surface area (Å²) in [6, 6.07) is 5.77. The fraction of sp³-hybridized carbons (Fsp3) is 0.333. The molecule has 0 radical (unpaired) electrons. The van der Waals surface area contributed by atoms with Crippen LogP contribution in [0.2, 0.25) is 0 Å². The van der Waals surface area contributed by atoms with E-state index < -0.39 is 0 Å². The molecule has 2 rings (SSSR count). The summed E-state index contributed by atoms with van der Waals surface area (Å²) in [5, 5.41) is 9.08. The lowest BCUT2D eigenvalue weighted by atomic mass is 10.1. The van der Waals surface area contributed by atoms with Crippen LogP contribution in [-0.4, -0.2) is 24.5 Å². The number of carbonyl (C=O) groups excluding carboxylic acids is 1. The number of nitrogens with one attached hydrogen (secondary N) is 2. The van der Waals surface area contributed by atoms with Gasteiger partial charge in [-0.2, -0.15) is 0 Å². The molecular formula is C15H19N3OS. The highest BCUT2D eigenvalue weighted by atomic mass is 32.1. The van der Waals surface area contributed by atoms with Crippen molar-refractivity contribution in [1.82, 2.24) is 10.3 Å². The Morgan fingerprint density at radius 3 is 2.80 bits per heavy atom. The van der Waals surface area contributed by atoms with Gasteiger partial charge in [-0.3, -0.25) is 4.79 Å². The molecule has 1 aromatic heterocycles. The summed E-state index contributed by atoms with van der Waals surface area (Å²) < 4.78 is 0. The number of thiazole rings is 1. The number of anilines is 1. The first-order valence-electron chi connectivity index (χ1n) is 6.57. The topological polar surface area (TPSA) is 54.0 Å². The Balaban J connectivity index is 1.95. The van der Waals surface area contributed by atoms with Gasteiger partial charge in [0.15, 0.2) is 0 Å². The maximum absolute atomic E-state index is 12.2. The van der Waals surface area contributed by atoms with E-state index in [0.717, 1.165) is 28.4 Å². The Morgan fingerprint density at radius 2 is 2.15 bits per heavy atom. The van der Waals surface area contributed by atoms with Crippen molar-refractivity contribution in [1.29, 1.82) is 0 Å². The molecule has 1 aromatic carbocycles. The number of benzene rings is 1. The maximum atomic E-state index is 12.2. The lowest BCUT2D eigenvalue weighted by molar-refractivity contribution is 0.0955. The quantitative estimate of drug-likeness (QED) is 0.890. The van der Waals surface area contributed by atoms with Crippen LogP contribution in [-0.2, 0) is 6.42 Å². The second-order valence-electron chi connectivity index (χ2n) is 4.69. The van der Waals surface area contributed by atoms with Crippen molar-refractivity contribution >= 4 is 22.9 Å². The van der Waals surface area contributed by atoms with Crippen molar-refractivity contribution in [2.24, 2.45) is 0 Å². The fourth-order valence-corrected chi connectivity index (χ4v) is 2.73. The van der Waals surface area contributed by atoms with Crippen LogP contribution in [0.5, 0.6) is 0 Å². The predicted octanol–water partition coefficient (Wildman–Crippen LogP) is 2.77. The largest absolute Gasteiger partial charge is 0.387 e. The molecule has 0 aliphatic carbocycles. The molecular weight excluding hydrogens is 270 g/mol. The fourth-order valence-electron chi connectivity index (χ4n) is 1.96. The van der Waals surface area contributed by atoms with Gasteiger partial charge in [0.05, 0.1) is 10.6 Å². The summed E-state index contributed by atoms with van der Waals surface area (Å²) in [5.41, 5.74) is 3.69. The first kappa shape index (κ1) is 14.5. The summed E-state index contributed by atoms with van der Waals surface area (Å²) in [4.78, 5) is 16.5. The Hall–Kier alpha value is -1.88. The third-order valence-electron chi connectivity index (χ3n) is 2.98. The number of carbonyl (C=O) groups is 1. The number of amides is 1. The monoisotopic (exact) mass is 289 g/mol. The normalized spacial score (nSPS) is 10.3. The number of hydrogen-bond acceptors (Lipinski definition) is 4. The van der Waals surface area contributed by atoms with Gasteiger partial charge < -0.3 is 10.6 Å². The van der Waals surface area contributed by atoms with Crippen LogP contribution in [0.15, 0.2) is 23.6 Å². The van der Waals surface area contributed by atoms with Crippen LogP contribution < -0.4 is 10.6 Å². The first-order valence-corrected chi connectivity index (χ1v) is 7.45. The van der Waals surface area contributed by atoms with Crippen LogP contribution in [0, 0.1) is 13.8 Å². The minimum Gasteiger partial charge on any atom is -0.387 e. The zero-order valence-corrected chi connectivity index (χ0v) is 12.8. The molecule has 1 heterocycles. The Kier molecular flexibility index (Phi) is 4.74. The number of hydrogen-bond donors (Lipinski definition) is 2. The molecule has 0 unspecified atom stereocenters. The minimum atomic E-state index is -0.0531. The SMILES string of the molecule is CNc1cc(C)ccc1C(=O)NCCc1nc(C)cs1. The number of nitrogens with zero attached hydrogens (tertiary/aromatic N) is 1. The lowest BCUT2D eigenvalue weighted by Gasteiger charge is -2.10. The van der Waals surface area contributed by atoms with E-state index in [1.54, 1.807) is 11.3 Å². The van der Waals surface area contributed by atoms with Gasteiger partial charge in [-0.1, -0.05) is 6.07 Å². The van der Waals surface area contributed by atoms with Gasteiger partial charge in [-0.15, -0.1) is 11.3 Å². The Morgan fingerprint density at radius 1 is 1.35 bits per heavy atom. The standard InChI is InChI=1S/C15H19N3OS/c1-10-4-5-12(13(8-10)16-3)15(19)17-7-6-14-18-11(2)9-20-14/h4-5,8-9,16H,6-7H2,1-3H3,(H,17,19). The van der Waals surface area contributed by atoms with Gasteiger partial charge in [-0.05, 0) is 31.5 Å². The molecule has 0 saturated carbocycles. The molecule has 0 fully saturated rings. The molecule has 0 aliphatic rings. The highest BCUT2D eigenvalue weighted by molar-refractivity contribution is 7.09. The molecule has 0 spiro atoms. The van der Waals surface area contributed by atoms with Gasteiger partial charge in [-0.25, -0.2) is 4.98 Å². The molecule has 5 heteroatoms. The number of rotatable bonds is 5. The molecule has 0 saturated heterocycles. The van der Waals surface area contributed by atoms with Crippen LogP contribution in [0.4, 0.5) is 5.69 Å². The van der Waals surface area contributed by atoms with E-state index in [-0.39, 0.29) is 5.91 Å². The zero-order chi connectivity index (χ0) is 14.5.